The predicted octanol–water partition coefficient (Wildman–Crippen LogP) is 4.03. The second-order valence-electron chi connectivity index (χ2n) is 4.14. The summed E-state index contributed by atoms with van der Waals surface area (Å²) in [5.41, 5.74) is 3.30. The van der Waals surface area contributed by atoms with Crippen LogP contribution >= 0.6 is 34.9 Å². The molecule has 0 radical (unpaired) electrons. The summed E-state index contributed by atoms with van der Waals surface area (Å²) in [5, 5.41) is 4.02. The maximum atomic E-state index is 4.81. The van der Waals surface area contributed by atoms with Gasteiger partial charge >= 0.3 is 0 Å². The summed E-state index contributed by atoms with van der Waals surface area (Å²) < 4.78 is 0. The van der Waals surface area contributed by atoms with Gasteiger partial charge in [-0.25, -0.2) is 4.98 Å². The van der Waals surface area contributed by atoms with Gasteiger partial charge in [-0.2, -0.15) is 11.8 Å². The highest BCUT2D eigenvalue weighted by Gasteiger charge is 2.20. The molecule has 0 N–H and O–H groups in total. The standard InChI is InChI=1S/C13H14N2S3/c1-9-10(3-2-4-14-9)11-7-18-13(15-11)12-8-16-5-6-17-12/h2-4,7,12H,5-6,8H2,1H3. The van der Waals surface area contributed by atoms with Crippen molar-refractivity contribution in [2.75, 3.05) is 17.3 Å². The SMILES string of the molecule is Cc1ncccc1-c1csc(C2CSCCS2)n1. The van der Waals surface area contributed by atoms with Crippen molar-refractivity contribution in [2.45, 2.75) is 12.2 Å². The van der Waals surface area contributed by atoms with E-state index in [1.807, 2.05) is 42.7 Å². The zero-order valence-electron chi connectivity index (χ0n) is 10.1. The maximum absolute atomic E-state index is 4.81. The topological polar surface area (TPSA) is 25.8 Å². The van der Waals surface area contributed by atoms with E-state index in [1.54, 1.807) is 11.3 Å². The van der Waals surface area contributed by atoms with Crippen LogP contribution in [0.3, 0.4) is 0 Å². The molecule has 1 aliphatic heterocycles. The van der Waals surface area contributed by atoms with Crippen LogP contribution in [0.2, 0.25) is 0 Å². The largest absolute Gasteiger partial charge is 0.261 e. The average molecular weight is 294 g/mol. The zero-order chi connectivity index (χ0) is 12.4. The lowest BCUT2D eigenvalue weighted by atomic mass is 10.1. The summed E-state index contributed by atoms with van der Waals surface area (Å²) in [6.45, 7) is 2.04. The molecule has 1 fully saturated rings. The van der Waals surface area contributed by atoms with Crippen LogP contribution in [0, 0.1) is 6.92 Å². The van der Waals surface area contributed by atoms with Crippen molar-refractivity contribution in [1.82, 2.24) is 9.97 Å². The zero-order valence-corrected chi connectivity index (χ0v) is 12.6. The monoisotopic (exact) mass is 294 g/mol. The van der Waals surface area contributed by atoms with Crippen LogP contribution < -0.4 is 0 Å². The van der Waals surface area contributed by atoms with Gasteiger partial charge < -0.3 is 0 Å². The lowest BCUT2D eigenvalue weighted by Gasteiger charge is -2.18. The van der Waals surface area contributed by atoms with Crippen molar-refractivity contribution in [1.29, 1.82) is 0 Å². The maximum Gasteiger partial charge on any atom is 0.107 e. The molecule has 1 aliphatic rings. The fourth-order valence-corrected chi connectivity index (χ4v) is 5.77. The van der Waals surface area contributed by atoms with Crippen LogP contribution in [-0.4, -0.2) is 27.2 Å². The first-order chi connectivity index (χ1) is 8.84. The lowest BCUT2D eigenvalue weighted by molar-refractivity contribution is 1.06. The number of pyridine rings is 1. The summed E-state index contributed by atoms with van der Waals surface area (Å²) in [4.78, 5) is 9.14. The van der Waals surface area contributed by atoms with Gasteiger partial charge in [0, 0.05) is 40.1 Å². The van der Waals surface area contributed by atoms with E-state index in [2.05, 4.69) is 16.4 Å². The van der Waals surface area contributed by atoms with Crippen molar-refractivity contribution in [2.24, 2.45) is 0 Å². The first-order valence-electron chi connectivity index (χ1n) is 5.91. The highest BCUT2D eigenvalue weighted by molar-refractivity contribution is 8.06. The minimum Gasteiger partial charge on any atom is -0.261 e. The van der Waals surface area contributed by atoms with E-state index in [-0.39, 0.29) is 0 Å². The Morgan fingerprint density at radius 1 is 1.33 bits per heavy atom. The minimum absolute atomic E-state index is 0.583. The number of nitrogens with zero attached hydrogens (tertiary/aromatic N) is 2. The Balaban J connectivity index is 1.87. The summed E-state index contributed by atoms with van der Waals surface area (Å²) in [5.74, 6) is 3.72. The Hall–Kier alpha value is -0.520. The highest BCUT2D eigenvalue weighted by Crippen LogP contribution is 2.39. The van der Waals surface area contributed by atoms with Crippen LogP contribution in [0.1, 0.15) is 16.0 Å². The molecule has 2 aromatic heterocycles. The molecule has 0 amide bonds. The van der Waals surface area contributed by atoms with Crippen molar-refractivity contribution in [3.8, 4) is 11.3 Å². The molecule has 0 bridgehead atoms. The molecule has 0 aliphatic carbocycles. The highest BCUT2D eigenvalue weighted by atomic mass is 32.2. The normalized spacial score (nSPS) is 19.9. The first kappa shape index (κ1) is 12.5. The molecule has 2 nitrogen and oxygen atoms in total. The van der Waals surface area contributed by atoms with Crippen molar-refractivity contribution >= 4 is 34.9 Å². The molecule has 0 saturated carbocycles. The first-order valence-corrected chi connectivity index (χ1v) is 8.99. The molecule has 5 heteroatoms. The number of aryl methyl sites for hydroxylation is 1. The van der Waals surface area contributed by atoms with E-state index in [4.69, 9.17) is 4.98 Å². The molecule has 18 heavy (non-hydrogen) atoms. The van der Waals surface area contributed by atoms with Crippen molar-refractivity contribution in [3.05, 3.63) is 34.4 Å². The quantitative estimate of drug-likeness (QED) is 0.835. The lowest BCUT2D eigenvalue weighted by Crippen LogP contribution is -2.06. The molecule has 0 aromatic carbocycles. The summed E-state index contributed by atoms with van der Waals surface area (Å²) in [7, 11) is 0. The van der Waals surface area contributed by atoms with E-state index in [9.17, 15) is 0 Å². The fourth-order valence-electron chi connectivity index (χ4n) is 1.94. The van der Waals surface area contributed by atoms with Crippen LogP contribution in [-0.2, 0) is 0 Å². The Labute approximate surface area is 120 Å². The molecule has 1 unspecified atom stereocenters. The molecule has 2 aromatic rings. The molecule has 1 atom stereocenters. The Morgan fingerprint density at radius 2 is 2.28 bits per heavy atom. The number of aromatic nitrogens is 2. The number of thioether (sulfide) groups is 2. The molecule has 3 heterocycles. The van der Waals surface area contributed by atoms with E-state index >= 15 is 0 Å². The van der Waals surface area contributed by atoms with Gasteiger partial charge in [0.1, 0.15) is 5.01 Å². The number of thiazole rings is 1. The predicted molar refractivity (Wildman–Crippen MR) is 82.6 cm³/mol. The summed E-state index contributed by atoms with van der Waals surface area (Å²) >= 11 is 5.87. The summed E-state index contributed by atoms with van der Waals surface area (Å²) in [6.07, 6.45) is 1.83. The smallest absolute Gasteiger partial charge is 0.107 e. The number of rotatable bonds is 2. The molecule has 3 rings (SSSR count). The number of hydrogen-bond acceptors (Lipinski definition) is 5. The van der Waals surface area contributed by atoms with Crippen molar-refractivity contribution in [3.63, 3.8) is 0 Å². The average Bonchev–Trinajstić information content (AvgIpc) is 2.90. The number of hydrogen-bond donors (Lipinski definition) is 0. The van der Waals surface area contributed by atoms with Gasteiger partial charge in [-0.05, 0) is 19.1 Å². The van der Waals surface area contributed by atoms with E-state index < -0.39 is 0 Å². The Morgan fingerprint density at radius 3 is 3.06 bits per heavy atom. The van der Waals surface area contributed by atoms with Gasteiger partial charge in [0.05, 0.1) is 10.9 Å². The van der Waals surface area contributed by atoms with Gasteiger partial charge in [0.2, 0.25) is 0 Å². The third-order valence-electron chi connectivity index (χ3n) is 2.90. The third-order valence-corrected chi connectivity index (χ3v) is 6.77. The third kappa shape index (κ3) is 2.58. The van der Waals surface area contributed by atoms with Gasteiger partial charge in [-0.3, -0.25) is 4.98 Å². The molecular weight excluding hydrogens is 280 g/mol. The van der Waals surface area contributed by atoms with Crippen LogP contribution in [0.4, 0.5) is 0 Å². The van der Waals surface area contributed by atoms with Gasteiger partial charge in [-0.15, -0.1) is 23.1 Å². The second kappa shape index (κ2) is 5.63. The molecule has 94 valence electrons. The van der Waals surface area contributed by atoms with Crippen LogP contribution in [0.25, 0.3) is 11.3 Å². The van der Waals surface area contributed by atoms with Crippen LogP contribution in [0.5, 0.6) is 0 Å². The van der Waals surface area contributed by atoms with E-state index in [0.29, 0.717) is 5.25 Å². The van der Waals surface area contributed by atoms with E-state index in [1.165, 1.54) is 22.3 Å². The summed E-state index contributed by atoms with van der Waals surface area (Å²) in [6, 6.07) is 4.08. The van der Waals surface area contributed by atoms with Gasteiger partial charge in [-0.1, -0.05) is 0 Å². The Bertz CT molecular complexity index is 533. The molecular formula is C13H14N2S3. The fraction of sp³-hybridized carbons (Fsp3) is 0.385. The molecule has 0 spiro atoms. The van der Waals surface area contributed by atoms with Gasteiger partial charge in [0.25, 0.3) is 0 Å². The minimum atomic E-state index is 0.583. The van der Waals surface area contributed by atoms with Crippen molar-refractivity contribution < 1.29 is 0 Å². The van der Waals surface area contributed by atoms with E-state index in [0.717, 1.165) is 17.0 Å². The second-order valence-corrected chi connectivity index (χ2v) is 7.49. The Kier molecular flexibility index (Phi) is 3.91. The van der Waals surface area contributed by atoms with Gasteiger partial charge in [0.15, 0.2) is 0 Å². The molecule has 1 saturated heterocycles. The van der Waals surface area contributed by atoms with Crippen LogP contribution in [0.15, 0.2) is 23.7 Å².